The number of carbonyl (C=O) groups excluding carboxylic acids is 2. The molecular weight excluding hydrogens is 449 g/mol. The molecule has 0 radical (unpaired) electrons. The van der Waals surface area contributed by atoms with Crippen molar-refractivity contribution in [2.75, 3.05) is 11.9 Å². The fourth-order valence-corrected chi connectivity index (χ4v) is 4.57. The summed E-state index contributed by atoms with van der Waals surface area (Å²) < 4.78 is 5.18. The Kier molecular flexibility index (Phi) is 7.18. The number of halogens is 2. The first kappa shape index (κ1) is 22.3. The highest BCUT2D eigenvalue weighted by atomic mass is 35.5. The van der Waals surface area contributed by atoms with E-state index in [9.17, 15) is 19.5 Å². The Morgan fingerprint density at radius 3 is 2.50 bits per heavy atom. The van der Waals surface area contributed by atoms with Crippen LogP contribution in [0.4, 0.5) is 5.00 Å². The highest BCUT2D eigenvalue weighted by Crippen LogP contribution is 2.39. The summed E-state index contributed by atoms with van der Waals surface area (Å²) >= 11 is 13.3. The number of benzene rings is 1. The molecule has 2 atom stereocenters. The van der Waals surface area contributed by atoms with E-state index in [-0.39, 0.29) is 18.6 Å². The normalized spacial score (nSPS) is 18.1. The molecule has 1 aromatic carbocycles. The van der Waals surface area contributed by atoms with Crippen molar-refractivity contribution in [1.29, 1.82) is 0 Å². The first-order valence-electron chi connectivity index (χ1n) is 9.26. The first-order valence-corrected chi connectivity index (χ1v) is 10.9. The lowest BCUT2D eigenvalue weighted by atomic mass is 9.82. The minimum Gasteiger partial charge on any atom is -0.481 e. The van der Waals surface area contributed by atoms with Gasteiger partial charge in [-0.15, -0.1) is 11.3 Å². The van der Waals surface area contributed by atoms with Crippen LogP contribution < -0.4 is 5.32 Å². The number of aliphatic carboxylic acids is 1. The van der Waals surface area contributed by atoms with E-state index >= 15 is 0 Å². The number of nitrogens with one attached hydrogen (secondary N) is 1. The molecule has 2 N–H and O–H groups in total. The Bertz CT molecular complexity index is 1020. The molecule has 0 saturated carbocycles. The van der Waals surface area contributed by atoms with E-state index in [4.69, 9.17) is 27.9 Å². The second kappa shape index (κ2) is 9.64. The van der Waals surface area contributed by atoms with Gasteiger partial charge in [-0.3, -0.25) is 9.59 Å². The Hall–Kier alpha value is -2.35. The van der Waals surface area contributed by atoms with Gasteiger partial charge in [-0.25, -0.2) is 4.79 Å². The fourth-order valence-electron chi connectivity index (χ4n) is 3.31. The predicted molar refractivity (Wildman–Crippen MR) is 117 cm³/mol. The molecule has 1 aromatic heterocycles. The molecule has 1 amide bonds. The Balaban J connectivity index is 1.96. The summed E-state index contributed by atoms with van der Waals surface area (Å²) in [6.45, 7) is 1.85. The highest BCUT2D eigenvalue weighted by Gasteiger charge is 2.35. The summed E-state index contributed by atoms with van der Waals surface area (Å²) in [6, 6.07) is 4.97. The maximum atomic E-state index is 12.9. The predicted octanol–water partition coefficient (Wildman–Crippen LogP) is 5.50. The second-order valence-corrected chi connectivity index (χ2v) is 8.38. The molecule has 1 heterocycles. The zero-order valence-electron chi connectivity index (χ0n) is 16.0. The SMILES string of the molecule is CCOC(=O)c1c(-c2ccc(Cl)c(Cl)c2)csc1NC(=O)[C@H]1CC=CC[C@H]1C(=O)O. The third-order valence-corrected chi connectivity index (χ3v) is 6.46. The van der Waals surface area contributed by atoms with Crippen LogP contribution in [0.3, 0.4) is 0 Å². The summed E-state index contributed by atoms with van der Waals surface area (Å²) in [5.41, 5.74) is 1.39. The van der Waals surface area contributed by atoms with Crippen LogP contribution in [-0.2, 0) is 14.3 Å². The van der Waals surface area contributed by atoms with Gasteiger partial charge in [0.05, 0.1) is 28.5 Å². The van der Waals surface area contributed by atoms with Gasteiger partial charge in [0.15, 0.2) is 0 Å². The summed E-state index contributed by atoms with van der Waals surface area (Å²) in [7, 11) is 0. The van der Waals surface area contributed by atoms with Crippen LogP contribution in [0.1, 0.15) is 30.1 Å². The number of hydrogen-bond acceptors (Lipinski definition) is 5. The van der Waals surface area contributed by atoms with Crippen molar-refractivity contribution in [3.8, 4) is 11.1 Å². The zero-order valence-corrected chi connectivity index (χ0v) is 18.3. The third kappa shape index (κ3) is 4.69. The van der Waals surface area contributed by atoms with Gasteiger partial charge in [0, 0.05) is 10.9 Å². The molecule has 0 bridgehead atoms. The number of hydrogen-bond donors (Lipinski definition) is 2. The monoisotopic (exact) mass is 467 g/mol. The molecule has 0 saturated heterocycles. The van der Waals surface area contributed by atoms with E-state index < -0.39 is 29.7 Å². The lowest BCUT2D eigenvalue weighted by Crippen LogP contribution is -2.34. The second-order valence-electron chi connectivity index (χ2n) is 6.69. The topological polar surface area (TPSA) is 92.7 Å². The van der Waals surface area contributed by atoms with Crippen molar-refractivity contribution in [2.45, 2.75) is 19.8 Å². The van der Waals surface area contributed by atoms with Gasteiger partial charge < -0.3 is 15.2 Å². The maximum Gasteiger partial charge on any atom is 0.341 e. The molecule has 0 fully saturated rings. The number of amides is 1. The highest BCUT2D eigenvalue weighted by molar-refractivity contribution is 7.15. The standard InChI is InChI=1S/C21H19Cl2NO5S/c1-2-29-21(28)17-14(11-7-8-15(22)16(23)9-11)10-30-19(17)24-18(25)12-5-3-4-6-13(12)20(26)27/h3-4,7-10,12-13H,2,5-6H2,1H3,(H,24,25)(H,26,27)/t12-,13+/m0/s1. The average Bonchev–Trinajstić information content (AvgIpc) is 3.13. The maximum absolute atomic E-state index is 12.9. The number of allylic oxidation sites excluding steroid dienone is 2. The van der Waals surface area contributed by atoms with Gasteiger partial charge in [0.25, 0.3) is 0 Å². The van der Waals surface area contributed by atoms with E-state index in [0.29, 0.717) is 32.6 Å². The summed E-state index contributed by atoms with van der Waals surface area (Å²) in [4.78, 5) is 37.1. The molecular formula is C21H19Cl2NO5S. The summed E-state index contributed by atoms with van der Waals surface area (Å²) in [5.74, 6) is -3.59. The molecule has 1 aliphatic rings. The van der Waals surface area contributed by atoms with Crippen molar-refractivity contribution in [2.24, 2.45) is 11.8 Å². The van der Waals surface area contributed by atoms with Gasteiger partial charge in [-0.1, -0.05) is 41.4 Å². The minimum absolute atomic E-state index is 0.164. The summed E-state index contributed by atoms with van der Waals surface area (Å²) in [5, 5.41) is 14.9. The molecule has 30 heavy (non-hydrogen) atoms. The van der Waals surface area contributed by atoms with Crippen molar-refractivity contribution in [3.05, 3.63) is 51.3 Å². The quantitative estimate of drug-likeness (QED) is 0.431. The molecule has 0 spiro atoms. The van der Waals surface area contributed by atoms with Crippen LogP contribution in [0, 0.1) is 11.8 Å². The van der Waals surface area contributed by atoms with Crippen molar-refractivity contribution >= 4 is 57.4 Å². The molecule has 0 aliphatic heterocycles. The fraction of sp³-hybridized carbons (Fsp3) is 0.286. The number of rotatable bonds is 6. The van der Waals surface area contributed by atoms with Crippen LogP contribution in [0.5, 0.6) is 0 Å². The van der Waals surface area contributed by atoms with Crippen LogP contribution >= 0.6 is 34.5 Å². The van der Waals surface area contributed by atoms with E-state index in [1.165, 1.54) is 0 Å². The average molecular weight is 468 g/mol. The first-order chi connectivity index (χ1) is 14.3. The molecule has 1 aliphatic carbocycles. The molecule has 158 valence electrons. The number of carboxylic acids is 1. The number of thiophene rings is 1. The van der Waals surface area contributed by atoms with Gasteiger partial charge in [-0.05, 0) is 37.5 Å². The van der Waals surface area contributed by atoms with Crippen molar-refractivity contribution < 1.29 is 24.2 Å². The number of carboxylic acid groups (broad SMARTS) is 1. The Morgan fingerprint density at radius 1 is 1.17 bits per heavy atom. The number of ether oxygens (including phenoxy) is 1. The van der Waals surface area contributed by atoms with Crippen LogP contribution in [0.2, 0.25) is 10.0 Å². The largest absolute Gasteiger partial charge is 0.481 e. The summed E-state index contributed by atoms with van der Waals surface area (Å²) in [6.07, 6.45) is 4.17. The van der Waals surface area contributed by atoms with E-state index in [0.717, 1.165) is 11.3 Å². The van der Waals surface area contributed by atoms with Gasteiger partial charge >= 0.3 is 11.9 Å². The van der Waals surface area contributed by atoms with Crippen molar-refractivity contribution in [3.63, 3.8) is 0 Å². The number of esters is 1. The van der Waals surface area contributed by atoms with Crippen LogP contribution in [-0.4, -0.2) is 29.6 Å². The van der Waals surface area contributed by atoms with Crippen molar-refractivity contribution in [1.82, 2.24) is 0 Å². The minimum atomic E-state index is -1.02. The molecule has 3 rings (SSSR count). The molecule has 2 aromatic rings. The zero-order chi connectivity index (χ0) is 21.8. The molecule has 0 unspecified atom stereocenters. The van der Waals surface area contributed by atoms with E-state index in [1.54, 1.807) is 42.7 Å². The van der Waals surface area contributed by atoms with E-state index in [2.05, 4.69) is 5.32 Å². The van der Waals surface area contributed by atoms with E-state index in [1.807, 2.05) is 0 Å². The smallest absolute Gasteiger partial charge is 0.341 e. The van der Waals surface area contributed by atoms with Crippen LogP contribution in [0.15, 0.2) is 35.7 Å². The van der Waals surface area contributed by atoms with Crippen LogP contribution in [0.25, 0.3) is 11.1 Å². The van der Waals surface area contributed by atoms with Gasteiger partial charge in [-0.2, -0.15) is 0 Å². The van der Waals surface area contributed by atoms with Gasteiger partial charge in [0.1, 0.15) is 10.6 Å². The third-order valence-electron chi connectivity index (χ3n) is 4.82. The Labute approximate surface area is 187 Å². The lowest BCUT2D eigenvalue weighted by molar-refractivity contribution is -0.146. The Morgan fingerprint density at radius 2 is 1.87 bits per heavy atom. The number of anilines is 1. The number of carbonyl (C=O) groups is 3. The lowest BCUT2D eigenvalue weighted by Gasteiger charge is -2.24. The molecule has 6 nitrogen and oxygen atoms in total. The van der Waals surface area contributed by atoms with Gasteiger partial charge in [0.2, 0.25) is 5.91 Å². The molecule has 9 heteroatoms.